The first-order valence-electron chi connectivity index (χ1n) is 11.8. The summed E-state index contributed by atoms with van der Waals surface area (Å²) in [5.41, 5.74) is 11.8. The second-order valence-corrected chi connectivity index (χ2v) is 9.72. The molecule has 16 atom stereocenters. The Morgan fingerprint density at radius 2 is 1.61 bits per heavy atom. The van der Waals surface area contributed by atoms with Crippen LogP contribution in [0.2, 0.25) is 0 Å². The van der Waals surface area contributed by atoms with Gasteiger partial charge < -0.3 is 81.3 Å². The summed E-state index contributed by atoms with van der Waals surface area (Å²) in [6, 6.07) is -2.50. The van der Waals surface area contributed by atoms with Crippen LogP contribution >= 0.6 is 0 Å². The van der Waals surface area contributed by atoms with E-state index in [1.165, 1.54) is 0 Å². The molecule has 1 saturated carbocycles. The number of likely N-dealkylation sites (N-methyl/N-ethyl adjacent to an activating group) is 1. The van der Waals surface area contributed by atoms with Gasteiger partial charge in [0.1, 0.15) is 48.8 Å². The molecule has 36 heavy (non-hydrogen) atoms. The zero-order valence-corrected chi connectivity index (χ0v) is 19.6. The lowest BCUT2D eigenvalue weighted by Crippen LogP contribution is -2.69. The molecule has 1 unspecified atom stereocenters. The number of ether oxygens (including phenoxy) is 5. The van der Waals surface area contributed by atoms with Gasteiger partial charge in [-0.15, -0.1) is 0 Å². The van der Waals surface area contributed by atoms with Crippen molar-refractivity contribution >= 4 is 0 Å². The minimum absolute atomic E-state index is 0.254. The van der Waals surface area contributed by atoms with Crippen molar-refractivity contribution in [2.24, 2.45) is 11.5 Å². The van der Waals surface area contributed by atoms with Gasteiger partial charge in [0.2, 0.25) is 0 Å². The highest BCUT2D eigenvalue weighted by molar-refractivity contribution is 5.05. The average molecular weight is 528 g/mol. The van der Waals surface area contributed by atoms with E-state index in [0.717, 1.165) is 0 Å². The van der Waals surface area contributed by atoms with Crippen molar-refractivity contribution in [3.05, 3.63) is 0 Å². The van der Waals surface area contributed by atoms with Crippen LogP contribution in [0.25, 0.3) is 0 Å². The fraction of sp³-hybridized carbons (Fsp3) is 1.00. The van der Waals surface area contributed by atoms with E-state index in [2.05, 4.69) is 5.32 Å². The molecule has 3 aliphatic heterocycles. The maximum Gasteiger partial charge on any atom is 0.314 e. The summed E-state index contributed by atoms with van der Waals surface area (Å²) in [4.78, 5) is 0. The van der Waals surface area contributed by atoms with E-state index in [4.69, 9.17) is 35.2 Å². The SMILES string of the molecule is CN[C@H]1C[C@@H](N)[C@H](O)[C@@H](O[C@H]2O[C@H](CO)[C@H](O)[C@H]3OC4(O[C@@H]([C@@H](N)CO)[C@H](O)[C@@H](O)[C@@H]4O)O[C@@H]23)[C@@H]1O. The Kier molecular flexibility index (Phi) is 8.55. The highest BCUT2D eigenvalue weighted by Gasteiger charge is 2.67. The standard InChI is InChI=1S/C20H37N3O13/c1-23-7-2-5(21)9(26)15(10(7)27)33-19-17-16(11(28)8(4-25)32-19)35-20(36-17)18(31)13(30)12(29)14(34-20)6(22)3-24/h5-19,23-31H,2-4,21-22H2,1H3/t5-,6+,7+,8-,9+,10-,11+,12-,13-,14+,15-,16-,17-,18+,19-,20?/m1/s1. The minimum Gasteiger partial charge on any atom is -0.395 e. The van der Waals surface area contributed by atoms with Crippen molar-refractivity contribution in [1.29, 1.82) is 0 Å². The Labute approximate surface area is 206 Å². The molecule has 1 spiro atoms. The van der Waals surface area contributed by atoms with Crippen molar-refractivity contribution in [3.8, 4) is 0 Å². The zero-order chi connectivity index (χ0) is 26.5. The molecule has 3 heterocycles. The molecule has 16 nitrogen and oxygen atoms in total. The molecule has 4 fully saturated rings. The van der Waals surface area contributed by atoms with Gasteiger partial charge in [0.25, 0.3) is 0 Å². The predicted octanol–water partition coefficient (Wildman–Crippen LogP) is -7.27. The van der Waals surface area contributed by atoms with E-state index in [1.54, 1.807) is 7.05 Å². The van der Waals surface area contributed by atoms with Crippen LogP contribution in [0, 0.1) is 0 Å². The molecule has 16 heteroatoms. The molecule has 0 aromatic carbocycles. The Balaban J connectivity index is 1.62. The predicted molar refractivity (Wildman–Crippen MR) is 115 cm³/mol. The topological polar surface area (TPSA) is 272 Å². The quantitative estimate of drug-likeness (QED) is 0.153. The van der Waals surface area contributed by atoms with Gasteiger partial charge >= 0.3 is 5.97 Å². The first kappa shape index (κ1) is 28.4. The van der Waals surface area contributed by atoms with Crippen LogP contribution in [-0.4, -0.2) is 159 Å². The molecule has 13 N–H and O–H groups in total. The number of aliphatic hydroxyl groups excluding tert-OH is 8. The fourth-order valence-corrected chi connectivity index (χ4v) is 5.23. The lowest BCUT2D eigenvalue weighted by atomic mass is 9.84. The van der Waals surface area contributed by atoms with E-state index in [0.29, 0.717) is 0 Å². The van der Waals surface area contributed by atoms with Crippen LogP contribution in [0.15, 0.2) is 0 Å². The summed E-state index contributed by atoms with van der Waals surface area (Å²) in [6.45, 7) is -1.33. The Morgan fingerprint density at radius 1 is 0.944 bits per heavy atom. The second-order valence-electron chi connectivity index (χ2n) is 9.72. The summed E-state index contributed by atoms with van der Waals surface area (Å²) < 4.78 is 28.7. The number of hydrogen-bond donors (Lipinski definition) is 11. The molecule has 4 aliphatic rings. The minimum atomic E-state index is -2.48. The summed E-state index contributed by atoms with van der Waals surface area (Å²) in [7, 11) is 1.60. The van der Waals surface area contributed by atoms with Crippen molar-refractivity contribution in [1.82, 2.24) is 5.32 Å². The third-order valence-corrected chi connectivity index (χ3v) is 7.42. The van der Waals surface area contributed by atoms with Crippen molar-refractivity contribution in [2.45, 2.75) is 104 Å². The van der Waals surface area contributed by atoms with Crippen molar-refractivity contribution < 1.29 is 64.5 Å². The van der Waals surface area contributed by atoms with E-state index < -0.39 is 111 Å². The molecular weight excluding hydrogens is 490 g/mol. The number of aliphatic hydroxyl groups is 8. The van der Waals surface area contributed by atoms with Crippen LogP contribution in [-0.2, 0) is 23.7 Å². The number of nitrogens with one attached hydrogen (secondary N) is 1. The number of hydrogen-bond acceptors (Lipinski definition) is 16. The fourth-order valence-electron chi connectivity index (χ4n) is 5.23. The smallest absolute Gasteiger partial charge is 0.314 e. The van der Waals surface area contributed by atoms with Gasteiger partial charge in [-0.3, -0.25) is 0 Å². The molecule has 1 aliphatic carbocycles. The normalized spacial score (nSPS) is 54.4. The van der Waals surface area contributed by atoms with E-state index in [1.807, 2.05) is 0 Å². The summed E-state index contributed by atoms with van der Waals surface area (Å²) in [5.74, 6) is -2.48. The molecule has 210 valence electrons. The van der Waals surface area contributed by atoms with Crippen LogP contribution in [0.1, 0.15) is 6.42 Å². The number of rotatable bonds is 6. The largest absolute Gasteiger partial charge is 0.395 e. The summed E-state index contributed by atoms with van der Waals surface area (Å²) in [5, 5.41) is 85.6. The molecule has 3 saturated heterocycles. The van der Waals surface area contributed by atoms with Gasteiger partial charge in [-0.25, -0.2) is 0 Å². The molecule has 0 aromatic heterocycles. The lowest BCUT2D eigenvalue weighted by molar-refractivity contribution is -0.439. The van der Waals surface area contributed by atoms with Crippen molar-refractivity contribution in [3.63, 3.8) is 0 Å². The molecule has 0 radical (unpaired) electrons. The van der Waals surface area contributed by atoms with E-state index >= 15 is 0 Å². The molecule has 4 rings (SSSR count). The van der Waals surface area contributed by atoms with Gasteiger partial charge in [-0.05, 0) is 13.5 Å². The van der Waals surface area contributed by atoms with Gasteiger partial charge in [0.05, 0.1) is 31.5 Å². The number of fused-ring (bicyclic) bond motifs is 1. The van der Waals surface area contributed by atoms with Crippen LogP contribution in [0.3, 0.4) is 0 Å². The summed E-state index contributed by atoms with van der Waals surface area (Å²) >= 11 is 0. The average Bonchev–Trinajstić information content (AvgIpc) is 3.27. The Bertz CT molecular complexity index is 756. The van der Waals surface area contributed by atoms with Crippen molar-refractivity contribution in [2.75, 3.05) is 20.3 Å². The Hall–Kier alpha value is -0.640. The van der Waals surface area contributed by atoms with Gasteiger partial charge in [-0.1, -0.05) is 0 Å². The first-order valence-corrected chi connectivity index (χ1v) is 11.8. The van der Waals surface area contributed by atoms with Gasteiger partial charge in [0.15, 0.2) is 12.4 Å². The Morgan fingerprint density at radius 3 is 2.22 bits per heavy atom. The number of nitrogens with two attached hydrogens (primary N) is 2. The van der Waals surface area contributed by atoms with Crippen LogP contribution in [0.5, 0.6) is 0 Å². The maximum absolute atomic E-state index is 10.7. The lowest BCUT2D eigenvalue weighted by Gasteiger charge is -2.46. The third-order valence-electron chi connectivity index (χ3n) is 7.42. The van der Waals surface area contributed by atoms with Gasteiger partial charge in [-0.2, -0.15) is 0 Å². The van der Waals surface area contributed by atoms with E-state index in [-0.39, 0.29) is 6.42 Å². The zero-order valence-electron chi connectivity index (χ0n) is 19.6. The second kappa shape index (κ2) is 10.9. The summed E-state index contributed by atoms with van der Waals surface area (Å²) in [6.07, 6.45) is -17.7. The first-order chi connectivity index (χ1) is 17.0. The van der Waals surface area contributed by atoms with Crippen LogP contribution < -0.4 is 16.8 Å². The monoisotopic (exact) mass is 527 g/mol. The highest BCUT2D eigenvalue weighted by Crippen LogP contribution is 2.45. The molecular formula is C20H37N3O13. The molecule has 0 bridgehead atoms. The third kappa shape index (κ3) is 4.68. The molecule has 0 amide bonds. The van der Waals surface area contributed by atoms with E-state index in [9.17, 15) is 40.9 Å². The van der Waals surface area contributed by atoms with Gasteiger partial charge in [0, 0.05) is 12.1 Å². The maximum atomic E-state index is 10.7. The molecule has 0 aromatic rings. The highest BCUT2D eigenvalue weighted by atomic mass is 16.9. The van der Waals surface area contributed by atoms with Crippen LogP contribution in [0.4, 0.5) is 0 Å².